The van der Waals surface area contributed by atoms with Crippen molar-refractivity contribution >= 4 is 69.6 Å². The highest BCUT2D eigenvalue weighted by atomic mass is 35.5. The Morgan fingerprint density at radius 1 is 0.526 bits per heavy atom. The van der Waals surface area contributed by atoms with E-state index in [1.54, 1.807) is 0 Å². The molecule has 19 heavy (non-hydrogen) atoms. The van der Waals surface area contributed by atoms with Gasteiger partial charge in [0.15, 0.2) is 0 Å². The summed E-state index contributed by atoms with van der Waals surface area (Å²) in [6.45, 7) is 0. The van der Waals surface area contributed by atoms with Crippen LogP contribution in [-0.4, -0.2) is 33.3 Å². The van der Waals surface area contributed by atoms with Gasteiger partial charge in [0.2, 0.25) is 0 Å². The highest BCUT2D eigenvalue weighted by Crippen LogP contribution is 2.23. The van der Waals surface area contributed by atoms with Gasteiger partial charge in [0.1, 0.15) is 0 Å². The second-order valence-corrected chi connectivity index (χ2v) is 7.72. The summed E-state index contributed by atoms with van der Waals surface area (Å²) >= 11 is 35.7. The number of unbranched alkanes of at least 4 members (excludes halogenated alkanes) is 1. The van der Waals surface area contributed by atoms with Crippen molar-refractivity contribution in [3.05, 3.63) is 0 Å². The molecule has 0 aliphatic heterocycles. The van der Waals surface area contributed by atoms with Crippen LogP contribution in [0.15, 0.2) is 0 Å². The first kappa shape index (κ1) is 20.7. The predicted molar refractivity (Wildman–Crippen MR) is 92.3 cm³/mol. The lowest BCUT2D eigenvalue weighted by atomic mass is 10.0. The van der Waals surface area contributed by atoms with E-state index >= 15 is 0 Å². The second-order valence-electron chi connectivity index (χ2n) is 4.75. The highest BCUT2D eigenvalue weighted by molar-refractivity contribution is 6.30. The summed E-state index contributed by atoms with van der Waals surface area (Å²) in [5, 5.41) is 0.117. The van der Waals surface area contributed by atoms with Gasteiger partial charge in [-0.25, -0.2) is 0 Å². The number of alkyl halides is 6. The third-order valence-corrected chi connectivity index (χ3v) is 5.95. The quantitative estimate of drug-likeness (QED) is 0.259. The first-order valence-electron chi connectivity index (χ1n) is 6.69. The Morgan fingerprint density at radius 2 is 0.895 bits per heavy atom. The van der Waals surface area contributed by atoms with Gasteiger partial charge in [-0.05, 0) is 25.7 Å². The number of hydrogen-bond acceptors (Lipinski definition) is 0. The molecule has 0 aliphatic rings. The number of hydrogen-bond donors (Lipinski definition) is 0. The summed E-state index contributed by atoms with van der Waals surface area (Å²) in [4.78, 5) is 0. The van der Waals surface area contributed by atoms with Crippen LogP contribution < -0.4 is 0 Å². The lowest BCUT2D eigenvalue weighted by Crippen LogP contribution is -2.16. The van der Waals surface area contributed by atoms with Gasteiger partial charge in [-0.15, -0.1) is 69.6 Å². The molecule has 0 heterocycles. The van der Waals surface area contributed by atoms with Crippen LogP contribution in [0.4, 0.5) is 0 Å². The summed E-state index contributed by atoms with van der Waals surface area (Å²) < 4.78 is 0. The van der Waals surface area contributed by atoms with Gasteiger partial charge in [-0.1, -0.05) is 19.3 Å². The maximum absolute atomic E-state index is 6.28. The molecule has 116 valence electrons. The van der Waals surface area contributed by atoms with Gasteiger partial charge in [0, 0.05) is 33.3 Å². The molecule has 0 amide bonds. The van der Waals surface area contributed by atoms with Crippen molar-refractivity contribution in [2.24, 2.45) is 0 Å². The summed E-state index contributed by atoms with van der Waals surface area (Å²) in [6, 6.07) is 0. The Balaban J connectivity index is 3.56. The Labute approximate surface area is 147 Å². The van der Waals surface area contributed by atoms with Crippen molar-refractivity contribution in [1.29, 1.82) is 0 Å². The van der Waals surface area contributed by atoms with Gasteiger partial charge in [0.25, 0.3) is 0 Å². The van der Waals surface area contributed by atoms with Crippen molar-refractivity contribution < 1.29 is 0 Å². The Bertz CT molecular complexity index is 202. The van der Waals surface area contributed by atoms with E-state index in [0.717, 1.165) is 44.9 Å². The zero-order chi connectivity index (χ0) is 14.7. The lowest BCUT2D eigenvalue weighted by molar-refractivity contribution is 0.568. The minimum absolute atomic E-state index is 0.000634. The van der Waals surface area contributed by atoms with E-state index in [1.165, 1.54) is 0 Å². The number of rotatable bonds is 12. The zero-order valence-corrected chi connectivity index (χ0v) is 15.5. The minimum Gasteiger partial charge on any atom is -0.125 e. The van der Waals surface area contributed by atoms with E-state index in [9.17, 15) is 0 Å². The average Bonchev–Trinajstić information content (AvgIpc) is 2.42. The van der Waals surface area contributed by atoms with Gasteiger partial charge >= 0.3 is 0 Å². The van der Waals surface area contributed by atoms with Crippen LogP contribution in [0.25, 0.3) is 0 Å². The molecule has 0 spiro atoms. The second kappa shape index (κ2) is 13.4. The first-order chi connectivity index (χ1) is 9.01. The fraction of sp³-hybridized carbons (Fsp3) is 1.00. The van der Waals surface area contributed by atoms with Crippen LogP contribution in [0.1, 0.15) is 44.9 Å². The Kier molecular flexibility index (Phi) is 14.6. The van der Waals surface area contributed by atoms with Crippen LogP contribution >= 0.6 is 69.6 Å². The molecule has 0 nitrogen and oxygen atoms in total. The molecule has 0 saturated heterocycles. The van der Waals surface area contributed by atoms with E-state index < -0.39 is 0 Å². The van der Waals surface area contributed by atoms with Crippen LogP contribution in [0, 0.1) is 0 Å². The smallest absolute Gasteiger partial charge is 0.0499 e. The van der Waals surface area contributed by atoms with E-state index in [-0.39, 0.29) is 21.5 Å². The highest BCUT2D eigenvalue weighted by Gasteiger charge is 2.16. The number of halogens is 6. The molecule has 0 saturated carbocycles. The summed E-state index contributed by atoms with van der Waals surface area (Å²) in [5.74, 6) is 0.989. The van der Waals surface area contributed by atoms with E-state index in [1.807, 2.05) is 0 Å². The SMILES string of the molecule is ClCC(Cl)CCCCC(Cl)C(Cl)CCCC(Cl)CCl. The van der Waals surface area contributed by atoms with Crippen LogP contribution in [-0.2, 0) is 0 Å². The van der Waals surface area contributed by atoms with Gasteiger partial charge in [0.05, 0.1) is 0 Å². The Morgan fingerprint density at radius 3 is 1.37 bits per heavy atom. The molecule has 0 bridgehead atoms. The lowest BCUT2D eigenvalue weighted by Gasteiger charge is -2.16. The molecule has 4 unspecified atom stereocenters. The fourth-order valence-electron chi connectivity index (χ4n) is 1.76. The van der Waals surface area contributed by atoms with Gasteiger partial charge in [-0.3, -0.25) is 0 Å². The maximum atomic E-state index is 6.28. The summed E-state index contributed by atoms with van der Waals surface area (Å²) in [7, 11) is 0. The predicted octanol–water partition coefficient (Wildman–Crippen LogP) is 6.62. The molecule has 0 radical (unpaired) electrons. The molecule has 0 aliphatic carbocycles. The molecule has 0 aromatic rings. The molecule has 6 heteroatoms. The summed E-state index contributed by atoms with van der Waals surface area (Å²) in [6.07, 6.45) is 6.68. The molecular weight excluding hydrogens is 369 g/mol. The zero-order valence-electron chi connectivity index (χ0n) is 10.9. The third kappa shape index (κ3) is 12.0. The maximum Gasteiger partial charge on any atom is 0.0499 e. The third-order valence-electron chi connectivity index (χ3n) is 2.97. The van der Waals surface area contributed by atoms with Crippen LogP contribution in [0.5, 0.6) is 0 Å². The monoisotopic (exact) mass is 388 g/mol. The van der Waals surface area contributed by atoms with Crippen molar-refractivity contribution in [3.8, 4) is 0 Å². The molecule has 0 fully saturated rings. The van der Waals surface area contributed by atoms with Crippen molar-refractivity contribution in [2.75, 3.05) is 11.8 Å². The summed E-state index contributed by atoms with van der Waals surface area (Å²) in [5.41, 5.74) is 0. The van der Waals surface area contributed by atoms with Crippen molar-refractivity contribution in [1.82, 2.24) is 0 Å². The van der Waals surface area contributed by atoms with Crippen LogP contribution in [0.3, 0.4) is 0 Å². The van der Waals surface area contributed by atoms with Crippen molar-refractivity contribution in [2.45, 2.75) is 66.5 Å². The molecule has 0 rings (SSSR count). The average molecular weight is 391 g/mol. The van der Waals surface area contributed by atoms with E-state index in [2.05, 4.69) is 0 Å². The topological polar surface area (TPSA) is 0 Å². The van der Waals surface area contributed by atoms with Crippen LogP contribution in [0.2, 0.25) is 0 Å². The first-order valence-corrected chi connectivity index (χ1v) is 9.51. The largest absolute Gasteiger partial charge is 0.125 e. The molecule has 0 aromatic heterocycles. The molecule has 0 aromatic carbocycles. The van der Waals surface area contributed by atoms with Gasteiger partial charge in [-0.2, -0.15) is 0 Å². The van der Waals surface area contributed by atoms with Gasteiger partial charge < -0.3 is 0 Å². The Hall–Kier alpha value is 1.74. The fourth-order valence-corrected chi connectivity index (χ4v) is 2.93. The standard InChI is InChI=1S/C13H22Cl6/c14-8-10(16)4-1-2-6-12(18)13(19)7-3-5-11(17)9-15/h10-13H,1-9H2. The van der Waals surface area contributed by atoms with Crippen molar-refractivity contribution in [3.63, 3.8) is 0 Å². The van der Waals surface area contributed by atoms with E-state index in [4.69, 9.17) is 69.6 Å². The molecular formula is C13H22Cl6. The minimum atomic E-state index is 0.000634. The molecule has 4 atom stereocenters. The normalized spacial score (nSPS) is 18.0. The van der Waals surface area contributed by atoms with E-state index in [0.29, 0.717) is 11.8 Å². The molecule has 0 N–H and O–H groups in total.